The van der Waals surface area contributed by atoms with Crippen molar-refractivity contribution < 1.29 is 9.47 Å². The van der Waals surface area contributed by atoms with Crippen LogP contribution in [0.25, 0.3) is 0 Å². The second-order valence-corrected chi connectivity index (χ2v) is 4.54. The predicted molar refractivity (Wildman–Crippen MR) is 69.6 cm³/mol. The van der Waals surface area contributed by atoms with E-state index in [0.717, 1.165) is 27.5 Å². The topological polar surface area (TPSA) is 56.3 Å². The summed E-state index contributed by atoms with van der Waals surface area (Å²) in [4.78, 5) is 8.10. The fraction of sp³-hybridized carbons (Fsp3) is 0.167. The van der Waals surface area contributed by atoms with Gasteiger partial charge in [0.05, 0.1) is 0 Å². The minimum absolute atomic E-state index is 0.283. The normalized spacial score (nSPS) is 12.5. The molecule has 0 saturated carbocycles. The third kappa shape index (κ3) is 2.24. The van der Waals surface area contributed by atoms with Crippen LogP contribution in [0.1, 0.15) is 5.56 Å². The Morgan fingerprint density at radius 3 is 3.11 bits per heavy atom. The molecule has 0 fully saturated rings. The number of fused-ring (bicyclic) bond motifs is 1. The number of hydrogen-bond donors (Lipinski definition) is 1. The molecule has 6 heteroatoms. The van der Waals surface area contributed by atoms with Crippen molar-refractivity contribution in [3.8, 4) is 11.5 Å². The molecule has 5 nitrogen and oxygen atoms in total. The maximum Gasteiger partial charge on any atom is 0.231 e. The maximum atomic E-state index is 5.44. The summed E-state index contributed by atoms with van der Waals surface area (Å²) in [5, 5.41) is 3.21. The molecule has 18 heavy (non-hydrogen) atoms. The van der Waals surface area contributed by atoms with Gasteiger partial charge in [0, 0.05) is 18.2 Å². The van der Waals surface area contributed by atoms with Gasteiger partial charge < -0.3 is 14.8 Å². The molecular formula is C12H10BrN3O2. The van der Waals surface area contributed by atoms with Crippen LogP contribution in [0.5, 0.6) is 11.5 Å². The standard InChI is InChI=1S/C12H10BrN3O2/c13-10-4-11(16-6-15-10)14-5-8-2-1-3-9-12(8)18-7-17-9/h1-4,6H,5,7H2,(H,14,15,16). The minimum atomic E-state index is 0.283. The number of anilines is 1. The number of rotatable bonds is 3. The number of aromatic nitrogens is 2. The first-order valence-electron chi connectivity index (χ1n) is 5.42. The van der Waals surface area contributed by atoms with E-state index < -0.39 is 0 Å². The maximum absolute atomic E-state index is 5.44. The van der Waals surface area contributed by atoms with E-state index in [9.17, 15) is 0 Å². The first-order chi connectivity index (χ1) is 8.83. The summed E-state index contributed by atoms with van der Waals surface area (Å²) >= 11 is 3.30. The lowest BCUT2D eigenvalue weighted by molar-refractivity contribution is 0.173. The van der Waals surface area contributed by atoms with Crippen LogP contribution in [0.2, 0.25) is 0 Å². The van der Waals surface area contributed by atoms with Crippen molar-refractivity contribution in [3.05, 3.63) is 40.8 Å². The molecule has 1 aromatic carbocycles. The van der Waals surface area contributed by atoms with Crippen molar-refractivity contribution in [2.75, 3.05) is 12.1 Å². The molecule has 0 bridgehead atoms. The van der Waals surface area contributed by atoms with Crippen molar-refractivity contribution in [1.29, 1.82) is 0 Å². The Morgan fingerprint density at radius 1 is 1.28 bits per heavy atom. The number of benzene rings is 1. The SMILES string of the molecule is Brc1cc(NCc2cccc3c2OCO3)ncn1. The molecule has 0 saturated heterocycles. The molecule has 1 aromatic heterocycles. The van der Waals surface area contributed by atoms with Gasteiger partial charge in [-0.1, -0.05) is 12.1 Å². The Labute approximate surface area is 112 Å². The van der Waals surface area contributed by atoms with Crippen LogP contribution in [0, 0.1) is 0 Å². The predicted octanol–water partition coefficient (Wildman–Crippen LogP) is 2.58. The van der Waals surface area contributed by atoms with Crippen molar-refractivity contribution in [2.24, 2.45) is 0 Å². The smallest absolute Gasteiger partial charge is 0.231 e. The van der Waals surface area contributed by atoms with Crippen LogP contribution in [-0.4, -0.2) is 16.8 Å². The largest absolute Gasteiger partial charge is 0.454 e. The zero-order valence-electron chi connectivity index (χ0n) is 9.39. The molecule has 2 heterocycles. The Kier molecular flexibility index (Phi) is 3.02. The van der Waals surface area contributed by atoms with Crippen molar-refractivity contribution in [2.45, 2.75) is 6.54 Å². The molecule has 2 aromatic rings. The second-order valence-electron chi connectivity index (χ2n) is 3.73. The lowest BCUT2D eigenvalue weighted by Crippen LogP contribution is -2.03. The third-order valence-electron chi connectivity index (χ3n) is 2.57. The van der Waals surface area contributed by atoms with E-state index in [-0.39, 0.29) is 6.79 Å². The average Bonchev–Trinajstić information content (AvgIpc) is 2.85. The molecule has 1 N–H and O–H groups in total. The second kappa shape index (κ2) is 4.81. The van der Waals surface area contributed by atoms with Gasteiger partial charge in [0.2, 0.25) is 6.79 Å². The number of nitrogens with one attached hydrogen (secondary N) is 1. The lowest BCUT2D eigenvalue weighted by Gasteiger charge is -2.08. The molecule has 0 aliphatic carbocycles. The fourth-order valence-electron chi connectivity index (χ4n) is 1.75. The van der Waals surface area contributed by atoms with Gasteiger partial charge in [0.25, 0.3) is 0 Å². The van der Waals surface area contributed by atoms with Gasteiger partial charge in [0.1, 0.15) is 16.7 Å². The molecular weight excluding hydrogens is 298 g/mol. The third-order valence-corrected chi connectivity index (χ3v) is 3.01. The van der Waals surface area contributed by atoms with E-state index in [1.165, 1.54) is 6.33 Å². The minimum Gasteiger partial charge on any atom is -0.454 e. The van der Waals surface area contributed by atoms with Crippen LogP contribution >= 0.6 is 15.9 Å². The van der Waals surface area contributed by atoms with Crippen LogP contribution in [-0.2, 0) is 6.54 Å². The lowest BCUT2D eigenvalue weighted by atomic mass is 10.2. The monoisotopic (exact) mass is 307 g/mol. The molecule has 0 unspecified atom stereocenters. The van der Waals surface area contributed by atoms with Gasteiger partial charge in [-0.15, -0.1) is 0 Å². The molecule has 3 rings (SSSR count). The van der Waals surface area contributed by atoms with Gasteiger partial charge in [-0.2, -0.15) is 0 Å². The molecule has 0 atom stereocenters. The van der Waals surface area contributed by atoms with Crippen molar-refractivity contribution in [3.63, 3.8) is 0 Å². The number of para-hydroxylation sites is 1. The van der Waals surface area contributed by atoms with Gasteiger partial charge in [-0.25, -0.2) is 9.97 Å². The first-order valence-corrected chi connectivity index (χ1v) is 6.21. The van der Waals surface area contributed by atoms with E-state index in [0.29, 0.717) is 6.54 Å². The summed E-state index contributed by atoms with van der Waals surface area (Å²) in [5.74, 6) is 2.35. The van der Waals surface area contributed by atoms with E-state index in [4.69, 9.17) is 9.47 Å². The van der Waals surface area contributed by atoms with Crippen LogP contribution in [0.15, 0.2) is 35.2 Å². The number of hydrogen-bond acceptors (Lipinski definition) is 5. The Balaban J connectivity index is 1.76. The van der Waals surface area contributed by atoms with E-state index in [1.54, 1.807) is 0 Å². The summed E-state index contributed by atoms with van der Waals surface area (Å²) in [6.45, 7) is 0.904. The van der Waals surface area contributed by atoms with Crippen molar-refractivity contribution in [1.82, 2.24) is 9.97 Å². The highest BCUT2D eigenvalue weighted by atomic mass is 79.9. The van der Waals surface area contributed by atoms with Crippen LogP contribution in [0.3, 0.4) is 0 Å². The van der Waals surface area contributed by atoms with Crippen molar-refractivity contribution >= 4 is 21.7 Å². The molecule has 92 valence electrons. The molecule has 0 radical (unpaired) electrons. The summed E-state index contributed by atoms with van der Waals surface area (Å²) in [6.07, 6.45) is 1.50. The van der Waals surface area contributed by atoms with Gasteiger partial charge in [0.15, 0.2) is 11.5 Å². The number of nitrogens with zero attached hydrogens (tertiary/aromatic N) is 2. The van der Waals surface area contributed by atoms with Crippen LogP contribution in [0.4, 0.5) is 5.82 Å². The molecule has 1 aliphatic rings. The Bertz CT molecular complexity index is 577. The summed E-state index contributed by atoms with van der Waals surface area (Å²) in [6, 6.07) is 7.66. The molecule has 1 aliphatic heterocycles. The zero-order chi connectivity index (χ0) is 12.4. The number of halogens is 1. The Morgan fingerprint density at radius 2 is 2.22 bits per heavy atom. The highest BCUT2D eigenvalue weighted by Crippen LogP contribution is 2.35. The highest BCUT2D eigenvalue weighted by molar-refractivity contribution is 9.10. The summed E-state index contributed by atoms with van der Waals surface area (Å²) in [5.41, 5.74) is 1.04. The van der Waals surface area contributed by atoms with Gasteiger partial charge >= 0.3 is 0 Å². The molecule has 0 spiro atoms. The molecule has 0 amide bonds. The Hall–Kier alpha value is -1.82. The summed E-state index contributed by atoms with van der Waals surface area (Å²) in [7, 11) is 0. The van der Waals surface area contributed by atoms with E-state index >= 15 is 0 Å². The summed E-state index contributed by atoms with van der Waals surface area (Å²) < 4.78 is 11.5. The average molecular weight is 308 g/mol. The quantitative estimate of drug-likeness (QED) is 0.883. The highest BCUT2D eigenvalue weighted by Gasteiger charge is 2.16. The van der Waals surface area contributed by atoms with E-state index in [1.807, 2.05) is 24.3 Å². The van der Waals surface area contributed by atoms with E-state index in [2.05, 4.69) is 31.2 Å². The van der Waals surface area contributed by atoms with Gasteiger partial charge in [-0.05, 0) is 22.0 Å². The van der Waals surface area contributed by atoms with Crippen LogP contribution < -0.4 is 14.8 Å². The fourth-order valence-corrected chi connectivity index (χ4v) is 2.05. The first kappa shape index (κ1) is 11.3. The van der Waals surface area contributed by atoms with Gasteiger partial charge in [-0.3, -0.25) is 0 Å². The number of ether oxygens (including phenoxy) is 2. The zero-order valence-corrected chi connectivity index (χ0v) is 11.0.